The first-order valence-corrected chi connectivity index (χ1v) is 6.95. The minimum Gasteiger partial charge on any atom is -0.507 e. The summed E-state index contributed by atoms with van der Waals surface area (Å²) >= 11 is 5.79. The summed E-state index contributed by atoms with van der Waals surface area (Å²) in [7, 11) is 0. The largest absolute Gasteiger partial charge is 0.507 e. The van der Waals surface area contributed by atoms with Crippen molar-refractivity contribution in [3.8, 4) is 5.75 Å². The fraction of sp³-hybridized carbons (Fsp3) is 0.176. The first-order valence-electron chi connectivity index (χ1n) is 6.57. The Morgan fingerprint density at radius 2 is 1.68 bits per heavy atom. The third kappa shape index (κ3) is 3.46. The lowest BCUT2D eigenvalue weighted by Crippen LogP contribution is -2.21. The average molecular weight is 325 g/mol. The predicted octanol–water partition coefficient (Wildman–Crippen LogP) is 4.68. The molecule has 0 atom stereocenters. The van der Waals surface area contributed by atoms with Crippen molar-refractivity contribution in [1.29, 1.82) is 0 Å². The lowest BCUT2D eigenvalue weighted by atomic mass is 9.91. The molecule has 2 aromatic rings. The summed E-state index contributed by atoms with van der Waals surface area (Å²) in [5, 5.41) is 20.3. The van der Waals surface area contributed by atoms with Gasteiger partial charge in [-0.1, -0.05) is 23.7 Å². The van der Waals surface area contributed by atoms with Gasteiger partial charge < -0.3 is 10.2 Å². The SMILES string of the molecule is CC(C)(O)C(F)=C(c1ccc(F)cc1)c1ccc(Cl)cc1O. The highest BCUT2D eigenvalue weighted by molar-refractivity contribution is 6.30. The summed E-state index contributed by atoms with van der Waals surface area (Å²) in [6.45, 7) is 2.58. The van der Waals surface area contributed by atoms with Crippen LogP contribution in [0, 0.1) is 5.82 Å². The number of rotatable bonds is 3. The lowest BCUT2D eigenvalue weighted by molar-refractivity contribution is 0.0950. The molecule has 0 saturated heterocycles. The molecule has 2 aromatic carbocycles. The van der Waals surface area contributed by atoms with Gasteiger partial charge in [0.1, 0.15) is 23.0 Å². The summed E-state index contributed by atoms with van der Waals surface area (Å²) in [5.74, 6) is -1.53. The number of aliphatic hydroxyl groups is 1. The van der Waals surface area contributed by atoms with Gasteiger partial charge in [-0.3, -0.25) is 0 Å². The van der Waals surface area contributed by atoms with E-state index in [0.29, 0.717) is 10.6 Å². The second-order valence-corrected chi connectivity index (χ2v) is 5.85. The molecule has 0 radical (unpaired) electrons. The van der Waals surface area contributed by atoms with E-state index in [2.05, 4.69) is 0 Å². The highest BCUT2D eigenvalue weighted by Crippen LogP contribution is 2.38. The highest BCUT2D eigenvalue weighted by atomic mass is 35.5. The van der Waals surface area contributed by atoms with Gasteiger partial charge in [0.2, 0.25) is 0 Å². The standard InChI is InChI=1S/C17H15ClF2O2/c1-17(2,22)16(20)15(10-3-6-12(19)7-4-10)13-8-5-11(18)9-14(13)21/h3-9,21-22H,1-2H3. The smallest absolute Gasteiger partial charge is 0.139 e. The number of hydrogen-bond donors (Lipinski definition) is 2. The molecule has 116 valence electrons. The number of halogens is 3. The lowest BCUT2D eigenvalue weighted by Gasteiger charge is -2.20. The topological polar surface area (TPSA) is 40.5 Å². The second-order valence-electron chi connectivity index (χ2n) is 5.42. The Morgan fingerprint density at radius 3 is 2.18 bits per heavy atom. The minimum absolute atomic E-state index is 0.0123. The van der Waals surface area contributed by atoms with Crippen LogP contribution in [0.1, 0.15) is 25.0 Å². The van der Waals surface area contributed by atoms with E-state index in [0.717, 1.165) is 0 Å². The summed E-state index contributed by atoms with van der Waals surface area (Å²) in [6.07, 6.45) is 0. The molecule has 0 amide bonds. The third-order valence-corrected chi connectivity index (χ3v) is 3.35. The monoisotopic (exact) mass is 324 g/mol. The van der Waals surface area contributed by atoms with Gasteiger partial charge in [0.15, 0.2) is 0 Å². The van der Waals surface area contributed by atoms with Crippen LogP contribution in [0.5, 0.6) is 5.75 Å². The van der Waals surface area contributed by atoms with Crippen molar-refractivity contribution < 1.29 is 19.0 Å². The number of benzene rings is 2. The van der Waals surface area contributed by atoms with Gasteiger partial charge in [-0.05, 0) is 49.7 Å². The Hall–Kier alpha value is -1.91. The molecule has 2 nitrogen and oxygen atoms in total. The molecular formula is C17H15ClF2O2. The van der Waals surface area contributed by atoms with Gasteiger partial charge in [0, 0.05) is 16.2 Å². The molecule has 2 N–H and O–H groups in total. The third-order valence-electron chi connectivity index (χ3n) is 3.12. The zero-order valence-corrected chi connectivity index (χ0v) is 12.8. The predicted molar refractivity (Wildman–Crippen MR) is 82.9 cm³/mol. The molecule has 0 heterocycles. The van der Waals surface area contributed by atoms with Crippen LogP contribution in [0.25, 0.3) is 5.57 Å². The zero-order valence-electron chi connectivity index (χ0n) is 12.1. The van der Waals surface area contributed by atoms with E-state index in [4.69, 9.17) is 11.6 Å². The number of phenols is 1. The van der Waals surface area contributed by atoms with Crippen molar-refractivity contribution in [2.45, 2.75) is 19.4 Å². The van der Waals surface area contributed by atoms with Crippen molar-refractivity contribution in [1.82, 2.24) is 0 Å². The van der Waals surface area contributed by atoms with Crippen LogP contribution in [0.2, 0.25) is 5.02 Å². The molecule has 0 bridgehead atoms. The van der Waals surface area contributed by atoms with E-state index >= 15 is 0 Å². The normalized spacial score (nSPS) is 13.0. The number of aromatic hydroxyl groups is 1. The van der Waals surface area contributed by atoms with Crippen molar-refractivity contribution in [2.75, 3.05) is 0 Å². The molecule has 0 fully saturated rings. The quantitative estimate of drug-likeness (QED) is 0.860. The van der Waals surface area contributed by atoms with Gasteiger partial charge in [0.25, 0.3) is 0 Å². The maximum absolute atomic E-state index is 14.7. The molecular weight excluding hydrogens is 310 g/mol. The molecule has 22 heavy (non-hydrogen) atoms. The summed E-state index contributed by atoms with van der Waals surface area (Å²) < 4.78 is 27.8. The van der Waals surface area contributed by atoms with E-state index in [1.54, 1.807) is 0 Å². The van der Waals surface area contributed by atoms with Gasteiger partial charge in [0.05, 0.1) is 0 Å². The molecule has 0 unspecified atom stereocenters. The van der Waals surface area contributed by atoms with Crippen molar-refractivity contribution in [3.05, 3.63) is 70.3 Å². The first-order chi connectivity index (χ1) is 10.2. The van der Waals surface area contributed by atoms with Crippen molar-refractivity contribution >= 4 is 17.2 Å². The van der Waals surface area contributed by atoms with Crippen LogP contribution in [-0.4, -0.2) is 15.8 Å². The highest BCUT2D eigenvalue weighted by Gasteiger charge is 2.27. The van der Waals surface area contributed by atoms with Crippen LogP contribution < -0.4 is 0 Å². The summed E-state index contributed by atoms with van der Waals surface area (Å²) in [6, 6.07) is 9.34. The van der Waals surface area contributed by atoms with Gasteiger partial charge in [-0.15, -0.1) is 0 Å². The van der Waals surface area contributed by atoms with E-state index in [9.17, 15) is 19.0 Å². The van der Waals surface area contributed by atoms with E-state index in [-0.39, 0.29) is 16.9 Å². The van der Waals surface area contributed by atoms with E-state index in [1.165, 1.54) is 56.3 Å². The Labute approximate surface area is 132 Å². The first kappa shape index (κ1) is 16.5. The van der Waals surface area contributed by atoms with Crippen LogP contribution in [0.15, 0.2) is 48.3 Å². The molecule has 2 rings (SSSR count). The Bertz CT molecular complexity index is 716. The second kappa shape index (κ2) is 6.07. The van der Waals surface area contributed by atoms with Crippen LogP contribution in [0.3, 0.4) is 0 Å². The summed E-state index contributed by atoms with van der Waals surface area (Å²) in [5.41, 5.74) is -1.27. The zero-order chi connectivity index (χ0) is 16.5. The molecule has 0 aliphatic carbocycles. The summed E-state index contributed by atoms with van der Waals surface area (Å²) in [4.78, 5) is 0. The Morgan fingerprint density at radius 1 is 1.09 bits per heavy atom. The number of hydrogen-bond acceptors (Lipinski definition) is 2. The Kier molecular flexibility index (Phi) is 4.54. The van der Waals surface area contributed by atoms with Gasteiger partial charge in [-0.25, -0.2) is 8.78 Å². The van der Waals surface area contributed by atoms with Crippen molar-refractivity contribution in [2.24, 2.45) is 0 Å². The van der Waals surface area contributed by atoms with Gasteiger partial charge in [-0.2, -0.15) is 0 Å². The molecule has 0 saturated carbocycles. The number of phenolic OH excluding ortho intramolecular Hbond substituents is 1. The average Bonchev–Trinajstić information content (AvgIpc) is 2.42. The fourth-order valence-electron chi connectivity index (χ4n) is 2.04. The van der Waals surface area contributed by atoms with Crippen molar-refractivity contribution in [3.63, 3.8) is 0 Å². The molecule has 0 aromatic heterocycles. The maximum Gasteiger partial charge on any atom is 0.139 e. The Balaban J connectivity index is 2.74. The molecule has 0 spiro atoms. The molecule has 5 heteroatoms. The maximum atomic E-state index is 14.7. The van der Waals surface area contributed by atoms with E-state index < -0.39 is 17.2 Å². The van der Waals surface area contributed by atoms with E-state index in [1.807, 2.05) is 0 Å². The van der Waals surface area contributed by atoms with Crippen LogP contribution >= 0.6 is 11.6 Å². The fourth-order valence-corrected chi connectivity index (χ4v) is 2.21. The van der Waals surface area contributed by atoms with Crippen LogP contribution in [0.4, 0.5) is 8.78 Å². The molecule has 0 aliphatic heterocycles. The van der Waals surface area contributed by atoms with Gasteiger partial charge >= 0.3 is 0 Å². The molecule has 0 aliphatic rings. The van der Waals surface area contributed by atoms with Crippen LogP contribution in [-0.2, 0) is 0 Å². The minimum atomic E-state index is -1.75.